The van der Waals surface area contributed by atoms with E-state index >= 15 is 0 Å². The van der Waals surface area contributed by atoms with Crippen LogP contribution >= 0.6 is 31.9 Å². The Morgan fingerprint density at radius 2 is 1.74 bits per heavy atom. The predicted molar refractivity (Wildman–Crippen MR) is 119 cm³/mol. The molecule has 31 heavy (non-hydrogen) atoms. The lowest BCUT2D eigenvalue weighted by Gasteiger charge is -2.26. The zero-order chi connectivity index (χ0) is 22.5. The van der Waals surface area contributed by atoms with Crippen LogP contribution in [-0.2, 0) is 19.1 Å². The minimum Gasteiger partial charge on any atom is -0.481 e. The molecule has 160 valence electrons. The lowest BCUT2D eigenvalue weighted by molar-refractivity contribution is -0.145. The van der Waals surface area contributed by atoms with E-state index in [1.54, 1.807) is 49.4 Å². The van der Waals surface area contributed by atoms with Gasteiger partial charge in [0.2, 0.25) is 0 Å². The van der Waals surface area contributed by atoms with Gasteiger partial charge in [0, 0.05) is 14.5 Å². The highest BCUT2D eigenvalue weighted by atomic mass is 79.9. The van der Waals surface area contributed by atoms with Crippen molar-refractivity contribution >= 4 is 67.4 Å². The van der Waals surface area contributed by atoms with Crippen LogP contribution in [0.25, 0.3) is 6.08 Å². The van der Waals surface area contributed by atoms with Crippen molar-refractivity contribution < 1.29 is 28.7 Å². The number of anilines is 1. The Labute approximate surface area is 194 Å². The van der Waals surface area contributed by atoms with E-state index in [1.807, 2.05) is 0 Å². The van der Waals surface area contributed by atoms with Gasteiger partial charge in [-0.05, 0) is 55.5 Å². The minimum absolute atomic E-state index is 0.216. The van der Waals surface area contributed by atoms with Crippen molar-refractivity contribution in [1.29, 1.82) is 0 Å². The second-order valence-electron chi connectivity index (χ2n) is 6.21. The summed E-state index contributed by atoms with van der Waals surface area (Å²) < 4.78 is 11.8. The second-order valence-corrected chi connectivity index (χ2v) is 8.04. The maximum Gasteiger partial charge on any atom is 0.344 e. The lowest BCUT2D eigenvalue weighted by Crippen LogP contribution is -2.54. The van der Waals surface area contributed by atoms with E-state index in [-0.39, 0.29) is 24.5 Å². The van der Waals surface area contributed by atoms with E-state index in [1.165, 1.54) is 6.08 Å². The Bertz CT molecular complexity index is 1080. The molecule has 1 N–H and O–H groups in total. The van der Waals surface area contributed by atoms with Gasteiger partial charge in [-0.3, -0.25) is 14.9 Å². The molecule has 0 unspecified atom stereocenters. The molecule has 8 nitrogen and oxygen atoms in total. The molecule has 10 heteroatoms. The largest absolute Gasteiger partial charge is 0.481 e. The zero-order valence-corrected chi connectivity index (χ0v) is 19.4. The van der Waals surface area contributed by atoms with Crippen LogP contribution in [0.5, 0.6) is 5.75 Å². The first-order chi connectivity index (χ1) is 14.8. The highest BCUT2D eigenvalue weighted by Gasteiger charge is 2.37. The van der Waals surface area contributed by atoms with Crippen LogP contribution in [0.3, 0.4) is 0 Å². The van der Waals surface area contributed by atoms with Crippen LogP contribution in [0.2, 0.25) is 0 Å². The number of halogens is 2. The smallest absolute Gasteiger partial charge is 0.344 e. The average molecular weight is 552 g/mol. The first-order valence-electron chi connectivity index (χ1n) is 9.05. The molecule has 0 aromatic heterocycles. The number of hydrogen-bond acceptors (Lipinski definition) is 6. The third kappa shape index (κ3) is 5.39. The Balaban J connectivity index is 1.95. The fourth-order valence-electron chi connectivity index (χ4n) is 2.74. The molecule has 4 amide bonds. The van der Waals surface area contributed by atoms with Crippen molar-refractivity contribution in [3.63, 3.8) is 0 Å². The molecule has 1 fully saturated rings. The van der Waals surface area contributed by atoms with Gasteiger partial charge < -0.3 is 9.47 Å². The SMILES string of the molecule is CCOC(=O)COc1ccc(Br)cc1/C=C1\C(=O)NC(=O)N(c2ccc(Br)cc2)C1=O. The van der Waals surface area contributed by atoms with Crippen molar-refractivity contribution in [1.82, 2.24) is 5.32 Å². The molecule has 0 spiro atoms. The number of rotatable bonds is 6. The number of nitrogens with zero attached hydrogens (tertiary/aromatic N) is 1. The molecule has 2 aromatic carbocycles. The number of carbonyl (C=O) groups is 4. The van der Waals surface area contributed by atoms with Gasteiger partial charge in [0.1, 0.15) is 11.3 Å². The number of hydrogen-bond donors (Lipinski definition) is 1. The van der Waals surface area contributed by atoms with Crippen LogP contribution in [0.4, 0.5) is 10.5 Å². The summed E-state index contributed by atoms with van der Waals surface area (Å²) in [5.41, 5.74) is 0.404. The summed E-state index contributed by atoms with van der Waals surface area (Å²) in [7, 11) is 0. The van der Waals surface area contributed by atoms with Crippen LogP contribution in [0.1, 0.15) is 12.5 Å². The Kier molecular flexibility index (Phi) is 7.24. The van der Waals surface area contributed by atoms with E-state index in [4.69, 9.17) is 9.47 Å². The molecule has 3 rings (SSSR count). The number of urea groups is 1. The maximum absolute atomic E-state index is 13.0. The van der Waals surface area contributed by atoms with Gasteiger partial charge in [0.15, 0.2) is 6.61 Å². The summed E-state index contributed by atoms with van der Waals surface area (Å²) in [6.07, 6.45) is 1.31. The molecule has 2 aromatic rings. The first-order valence-corrected chi connectivity index (χ1v) is 10.6. The zero-order valence-electron chi connectivity index (χ0n) is 16.2. The van der Waals surface area contributed by atoms with Gasteiger partial charge in [-0.25, -0.2) is 14.5 Å². The van der Waals surface area contributed by atoms with Crippen LogP contribution in [0.15, 0.2) is 57.0 Å². The third-order valence-electron chi connectivity index (χ3n) is 4.11. The molecular formula is C21H16Br2N2O6. The fraction of sp³-hybridized carbons (Fsp3) is 0.143. The topological polar surface area (TPSA) is 102 Å². The monoisotopic (exact) mass is 550 g/mol. The normalized spacial score (nSPS) is 15.1. The summed E-state index contributed by atoms with van der Waals surface area (Å²) in [5, 5.41) is 2.16. The van der Waals surface area contributed by atoms with E-state index in [2.05, 4.69) is 37.2 Å². The summed E-state index contributed by atoms with van der Waals surface area (Å²) in [6.45, 7) is 1.56. The van der Waals surface area contributed by atoms with Gasteiger partial charge in [0.05, 0.1) is 12.3 Å². The van der Waals surface area contributed by atoms with Gasteiger partial charge >= 0.3 is 12.0 Å². The predicted octanol–water partition coefficient (Wildman–Crippen LogP) is 3.82. The van der Waals surface area contributed by atoms with Gasteiger partial charge in [-0.15, -0.1) is 0 Å². The van der Waals surface area contributed by atoms with E-state index in [0.717, 1.165) is 9.37 Å². The number of carbonyl (C=O) groups excluding carboxylic acids is 4. The quantitative estimate of drug-likeness (QED) is 0.333. The van der Waals surface area contributed by atoms with Crippen LogP contribution in [-0.4, -0.2) is 37.0 Å². The van der Waals surface area contributed by atoms with Gasteiger partial charge in [-0.1, -0.05) is 31.9 Å². The van der Waals surface area contributed by atoms with Crippen LogP contribution in [0, 0.1) is 0 Å². The molecule has 1 saturated heterocycles. The standard InChI is InChI=1S/C21H16Br2N2O6/c1-2-30-18(26)11-31-17-8-5-14(23)9-12(17)10-16-19(27)24-21(29)25(20(16)28)15-6-3-13(22)4-7-15/h3-10H,2,11H2,1H3,(H,24,27,29)/b16-10+. The van der Waals surface area contributed by atoms with Crippen LogP contribution < -0.4 is 15.0 Å². The van der Waals surface area contributed by atoms with Crippen molar-refractivity contribution in [2.75, 3.05) is 18.1 Å². The van der Waals surface area contributed by atoms with Gasteiger partial charge in [0.25, 0.3) is 11.8 Å². The van der Waals surface area contributed by atoms with Crippen molar-refractivity contribution in [3.8, 4) is 5.75 Å². The molecule has 1 aliphatic heterocycles. The maximum atomic E-state index is 13.0. The first kappa shape index (κ1) is 22.7. The number of barbiturate groups is 1. The summed E-state index contributed by atoms with van der Waals surface area (Å²) >= 11 is 6.62. The Morgan fingerprint density at radius 3 is 2.42 bits per heavy atom. The van der Waals surface area contributed by atoms with E-state index in [0.29, 0.717) is 15.7 Å². The van der Waals surface area contributed by atoms with Crippen molar-refractivity contribution in [2.45, 2.75) is 6.92 Å². The number of nitrogens with one attached hydrogen (secondary N) is 1. The molecule has 0 atom stereocenters. The van der Waals surface area contributed by atoms with Crippen molar-refractivity contribution in [2.24, 2.45) is 0 Å². The van der Waals surface area contributed by atoms with E-state index in [9.17, 15) is 19.2 Å². The number of amides is 4. The Morgan fingerprint density at radius 1 is 1.06 bits per heavy atom. The summed E-state index contributed by atoms with van der Waals surface area (Å²) in [6, 6.07) is 10.5. The third-order valence-corrected chi connectivity index (χ3v) is 5.13. The number of imide groups is 2. The van der Waals surface area contributed by atoms with Gasteiger partial charge in [-0.2, -0.15) is 0 Å². The number of benzene rings is 2. The molecule has 0 radical (unpaired) electrons. The molecular weight excluding hydrogens is 536 g/mol. The Hall–Kier alpha value is -2.98. The molecule has 1 heterocycles. The lowest BCUT2D eigenvalue weighted by atomic mass is 10.1. The summed E-state index contributed by atoms with van der Waals surface area (Å²) in [5.74, 6) is -1.91. The highest BCUT2D eigenvalue weighted by Crippen LogP contribution is 2.28. The molecule has 0 saturated carbocycles. The molecule has 0 aliphatic carbocycles. The number of ether oxygens (including phenoxy) is 2. The number of esters is 1. The minimum atomic E-state index is -0.845. The highest BCUT2D eigenvalue weighted by molar-refractivity contribution is 9.10. The second kappa shape index (κ2) is 9.88. The van der Waals surface area contributed by atoms with E-state index < -0.39 is 23.8 Å². The summed E-state index contributed by atoms with van der Waals surface area (Å²) in [4.78, 5) is 50.2. The average Bonchev–Trinajstić information content (AvgIpc) is 2.72. The fourth-order valence-corrected chi connectivity index (χ4v) is 3.38. The van der Waals surface area contributed by atoms with Crippen molar-refractivity contribution in [3.05, 3.63) is 62.5 Å². The molecule has 0 bridgehead atoms. The molecule has 1 aliphatic rings.